The van der Waals surface area contributed by atoms with Crippen LogP contribution >= 0.6 is 15.8 Å². The van der Waals surface area contributed by atoms with Crippen molar-refractivity contribution in [3.63, 3.8) is 0 Å². The van der Waals surface area contributed by atoms with Crippen molar-refractivity contribution in [2.45, 2.75) is 26.2 Å². The average molecular weight is 605 g/mol. The Morgan fingerprint density at radius 1 is 0.795 bits per heavy atom. The molecule has 1 atom stereocenters. The van der Waals surface area contributed by atoms with E-state index < -0.39 is 15.8 Å². The predicted octanol–water partition coefficient (Wildman–Crippen LogP) is 9.11. The lowest BCUT2D eigenvalue weighted by Gasteiger charge is -2.28. The molecule has 0 radical (unpaired) electrons. The number of nitrogens with zero attached hydrogens (tertiary/aromatic N) is 2. The zero-order valence-electron chi connectivity index (χ0n) is 24.9. The summed E-state index contributed by atoms with van der Waals surface area (Å²) >= 11 is 0. The Morgan fingerprint density at radius 2 is 1.41 bits per heavy atom. The maximum atomic E-state index is 10.7. The predicted molar refractivity (Wildman–Crippen MR) is 190 cm³/mol. The Morgan fingerprint density at radius 3 is 1.93 bits per heavy atom. The van der Waals surface area contributed by atoms with Gasteiger partial charge in [-0.2, -0.15) is 10.5 Å². The Bertz CT molecular complexity index is 1780. The molecule has 214 valence electrons. The smallest absolute Gasteiger partial charge is 0.0998 e. The molecule has 0 saturated heterocycles. The standard InChI is InChI=1S/C40H34N2P2/c1-3-4-18-32(29-41)39(31(2)43(34-20-9-5-10-21-34)35-22-11-6-12-23-35)40-33(30-42)19-17-28-38(40)44(36-24-13-7-14-25-36)37-26-15-8-16-27-37/h3,5,7-11,13-28H,1,4,6,12H2,2H3/b32-18-,39-31-. The highest BCUT2D eigenvalue weighted by Gasteiger charge is 2.29. The van der Waals surface area contributed by atoms with E-state index in [4.69, 9.17) is 0 Å². The molecule has 0 aromatic heterocycles. The third-order valence-electron chi connectivity index (χ3n) is 7.51. The average Bonchev–Trinajstić information content (AvgIpc) is 3.09. The molecule has 4 heteroatoms. The van der Waals surface area contributed by atoms with Crippen LogP contribution in [-0.4, -0.2) is 0 Å². The topological polar surface area (TPSA) is 47.6 Å². The van der Waals surface area contributed by atoms with Gasteiger partial charge >= 0.3 is 0 Å². The van der Waals surface area contributed by atoms with Gasteiger partial charge in [-0.25, -0.2) is 0 Å². The molecule has 0 saturated carbocycles. The van der Waals surface area contributed by atoms with Crippen LogP contribution in [0.15, 0.2) is 162 Å². The normalized spacial score (nSPS) is 14.2. The van der Waals surface area contributed by atoms with Gasteiger partial charge in [0.1, 0.15) is 0 Å². The lowest BCUT2D eigenvalue weighted by atomic mass is 9.93. The Balaban J connectivity index is 1.90. The van der Waals surface area contributed by atoms with Crippen molar-refractivity contribution in [1.82, 2.24) is 0 Å². The lowest BCUT2D eigenvalue weighted by Crippen LogP contribution is -2.24. The molecule has 1 aliphatic rings. The van der Waals surface area contributed by atoms with E-state index in [9.17, 15) is 10.5 Å². The van der Waals surface area contributed by atoms with E-state index in [1.165, 1.54) is 21.2 Å². The van der Waals surface area contributed by atoms with Crippen molar-refractivity contribution in [3.8, 4) is 12.1 Å². The Kier molecular flexibility index (Phi) is 10.7. The van der Waals surface area contributed by atoms with Gasteiger partial charge in [0.05, 0.1) is 23.3 Å². The summed E-state index contributed by atoms with van der Waals surface area (Å²) in [6, 6.07) is 42.7. The highest BCUT2D eigenvalue weighted by atomic mass is 31.1. The summed E-state index contributed by atoms with van der Waals surface area (Å²) < 4.78 is 0. The molecule has 0 heterocycles. The van der Waals surface area contributed by atoms with Crippen LogP contribution in [0.5, 0.6) is 0 Å². The molecule has 0 bridgehead atoms. The maximum absolute atomic E-state index is 10.7. The molecule has 1 aliphatic carbocycles. The number of allylic oxidation sites excluding steroid dienone is 9. The van der Waals surface area contributed by atoms with E-state index in [2.05, 4.69) is 123 Å². The van der Waals surface area contributed by atoms with Crippen LogP contribution in [0.1, 0.15) is 37.3 Å². The van der Waals surface area contributed by atoms with E-state index in [1.54, 1.807) is 0 Å². The van der Waals surface area contributed by atoms with Gasteiger partial charge in [-0.15, -0.1) is 6.58 Å². The molecule has 0 spiro atoms. The summed E-state index contributed by atoms with van der Waals surface area (Å²) in [5, 5.41) is 28.4. The molecule has 4 aromatic rings. The summed E-state index contributed by atoms with van der Waals surface area (Å²) in [5.41, 5.74) is 2.86. The van der Waals surface area contributed by atoms with Gasteiger partial charge in [-0.05, 0) is 79.9 Å². The number of benzene rings is 4. The highest BCUT2D eigenvalue weighted by Crippen LogP contribution is 2.56. The van der Waals surface area contributed by atoms with Crippen molar-refractivity contribution in [2.75, 3.05) is 0 Å². The van der Waals surface area contributed by atoms with E-state index in [-0.39, 0.29) is 0 Å². The SMILES string of the molecule is C=CC/C=C(C#N)\C(=C(/C)P(C1=CCCC=C1)c1ccccc1)c1c(C#N)cccc1P(c1ccccc1)c1ccccc1. The molecule has 1 unspecified atom stereocenters. The molecule has 2 nitrogen and oxygen atoms in total. The van der Waals surface area contributed by atoms with Gasteiger partial charge in [0.15, 0.2) is 0 Å². The van der Waals surface area contributed by atoms with Gasteiger partial charge in [0, 0.05) is 11.1 Å². The van der Waals surface area contributed by atoms with Gasteiger partial charge in [0.25, 0.3) is 0 Å². The number of nitriles is 2. The Labute approximate surface area is 264 Å². The molecular weight excluding hydrogens is 570 g/mol. The second-order valence-electron chi connectivity index (χ2n) is 10.3. The molecule has 4 aromatic carbocycles. The summed E-state index contributed by atoms with van der Waals surface area (Å²) in [7, 11) is -2.01. The van der Waals surface area contributed by atoms with Crippen molar-refractivity contribution in [3.05, 3.63) is 173 Å². The van der Waals surface area contributed by atoms with E-state index in [1.807, 2.05) is 42.5 Å². The molecule has 0 amide bonds. The third-order valence-corrected chi connectivity index (χ3v) is 12.5. The molecular formula is C40H34N2P2. The van der Waals surface area contributed by atoms with E-state index in [0.717, 1.165) is 34.6 Å². The molecule has 0 aliphatic heterocycles. The number of rotatable bonds is 10. The summed E-state index contributed by atoms with van der Waals surface area (Å²) in [5.74, 6) is 0. The fraction of sp³-hybridized carbons (Fsp3) is 0.100. The minimum Gasteiger partial charge on any atom is -0.192 e. The minimum atomic E-state index is -1.04. The van der Waals surface area contributed by atoms with Crippen LogP contribution in [0.25, 0.3) is 5.57 Å². The quantitative estimate of drug-likeness (QED) is 0.0785. The monoisotopic (exact) mass is 604 g/mol. The largest absolute Gasteiger partial charge is 0.192 e. The van der Waals surface area contributed by atoms with Gasteiger partial charge in [0.2, 0.25) is 0 Å². The fourth-order valence-corrected chi connectivity index (χ4v) is 10.6. The summed E-state index contributed by atoms with van der Waals surface area (Å²) in [6.45, 7) is 6.09. The first kappa shape index (κ1) is 30.9. The highest BCUT2D eigenvalue weighted by molar-refractivity contribution is 7.80. The number of hydrogen-bond donors (Lipinski definition) is 0. The second-order valence-corrected chi connectivity index (χ2v) is 14.9. The van der Waals surface area contributed by atoms with Crippen LogP contribution < -0.4 is 21.2 Å². The zero-order chi connectivity index (χ0) is 30.7. The molecule has 0 fully saturated rings. The van der Waals surface area contributed by atoms with Crippen LogP contribution in [0.3, 0.4) is 0 Å². The van der Waals surface area contributed by atoms with Crippen LogP contribution in [0.2, 0.25) is 0 Å². The molecule has 0 N–H and O–H groups in total. The second kappa shape index (κ2) is 15.2. The Hall–Kier alpha value is -4.58. The zero-order valence-corrected chi connectivity index (χ0v) is 26.7. The third kappa shape index (κ3) is 6.80. The number of hydrogen-bond acceptors (Lipinski definition) is 2. The van der Waals surface area contributed by atoms with Gasteiger partial charge in [-0.3, -0.25) is 0 Å². The summed E-state index contributed by atoms with van der Waals surface area (Å²) in [6.07, 6.45) is 13.2. The van der Waals surface area contributed by atoms with E-state index >= 15 is 0 Å². The fourth-order valence-electron chi connectivity index (χ4n) is 5.57. The van der Waals surface area contributed by atoms with Crippen molar-refractivity contribution >= 4 is 42.6 Å². The first-order valence-corrected chi connectivity index (χ1v) is 17.4. The maximum Gasteiger partial charge on any atom is 0.0998 e. The van der Waals surface area contributed by atoms with Crippen LogP contribution in [-0.2, 0) is 0 Å². The van der Waals surface area contributed by atoms with Crippen LogP contribution in [0.4, 0.5) is 0 Å². The van der Waals surface area contributed by atoms with Crippen molar-refractivity contribution in [1.29, 1.82) is 10.5 Å². The molecule has 5 rings (SSSR count). The van der Waals surface area contributed by atoms with Gasteiger partial charge in [-0.1, -0.05) is 134 Å². The lowest BCUT2D eigenvalue weighted by molar-refractivity contribution is 1.03. The van der Waals surface area contributed by atoms with Crippen molar-refractivity contribution < 1.29 is 0 Å². The minimum absolute atomic E-state index is 0.557. The first-order chi connectivity index (χ1) is 21.7. The van der Waals surface area contributed by atoms with Gasteiger partial charge < -0.3 is 0 Å². The van der Waals surface area contributed by atoms with E-state index in [0.29, 0.717) is 17.6 Å². The molecule has 44 heavy (non-hydrogen) atoms. The summed E-state index contributed by atoms with van der Waals surface area (Å²) in [4.78, 5) is 0. The first-order valence-electron chi connectivity index (χ1n) is 14.8. The van der Waals surface area contributed by atoms with Crippen molar-refractivity contribution in [2.24, 2.45) is 0 Å². The van der Waals surface area contributed by atoms with Crippen LogP contribution in [0, 0.1) is 22.7 Å².